The maximum atomic E-state index is 12.1. The van der Waals surface area contributed by atoms with Crippen LogP contribution < -0.4 is 20.3 Å². The summed E-state index contributed by atoms with van der Waals surface area (Å²) in [5.41, 5.74) is 2.15. The van der Waals surface area contributed by atoms with Gasteiger partial charge in [0.15, 0.2) is 0 Å². The number of amides is 1. The van der Waals surface area contributed by atoms with E-state index >= 15 is 0 Å². The molecule has 0 bridgehead atoms. The minimum Gasteiger partial charge on any atom is -0.410 e. The number of benzene rings is 2. The van der Waals surface area contributed by atoms with Gasteiger partial charge in [0.1, 0.15) is 11.6 Å². The van der Waals surface area contributed by atoms with Gasteiger partial charge in [-0.2, -0.15) is 0 Å². The molecule has 3 aromatic rings. The number of carbonyl (C=O) groups is 1. The smallest absolute Gasteiger partial charge is 0.410 e. The number of ether oxygens (including phenoxy) is 1. The summed E-state index contributed by atoms with van der Waals surface area (Å²) in [4.78, 5) is 19.0. The van der Waals surface area contributed by atoms with Crippen molar-refractivity contribution in [2.75, 3.05) is 24.3 Å². The van der Waals surface area contributed by atoms with Crippen LogP contribution in [0.1, 0.15) is 25.7 Å². The van der Waals surface area contributed by atoms with E-state index in [9.17, 15) is 4.79 Å². The molecule has 1 amide bonds. The molecule has 6 heteroatoms. The number of aromatic nitrogens is 1. The molecule has 1 aliphatic rings. The normalized spacial score (nSPS) is 18.6. The highest BCUT2D eigenvalue weighted by Crippen LogP contribution is 2.29. The topological polar surface area (TPSA) is 66.5 Å². The van der Waals surface area contributed by atoms with Gasteiger partial charge in [0.2, 0.25) is 0 Å². The number of pyridine rings is 1. The Morgan fingerprint density at radius 2 is 1.63 bits per heavy atom. The molecule has 1 heterocycles. The first-order chi connectivity index (χ1) is 14.6. The number of carbonyl (C=O) groups excluding carboxylic acids is 1. The molecule has 4 rings (SSSR count). The molecule has 2 aromatic carbocycles. The van der Waals surface area contributed by atoms with Gasteiger partial charge >= 0.3 is 6.09 Å². The van der Waals surface area contributed by atoms with E-state index < -0.39 is 0 Å². The van der Waals surface area contributed by atoms with Gasteiger partial charge in [-0.25, -0.2) is 9.78 Å². The highest BCUT2D eigenvalue weighted by Gasteiger charge is 2.23. The molecule has 1 fully saturated rings. The van der Waals surface area contributed by atoms with Crippen LogP contribution in [0.25, 0.3) is 10.9 Å². The van der Waals surface area contributed by atoms with Crippen LogP contribution in [0.15, 0.2) is 60.7 Å². The first-order valence-corrected chi connectivity index (χ1v) is 10.5. The molecule has 0 spiro atoms. The van der Waals surface area contributed by atoms with Crippen LogP contribution in [0.3, 0.4) is 0 Å². The van der Waals surface area contributed by atoms with Crippen molar-refractivity contribution in [2.24, 2.45) is 0 Å². The molecule has 0 atom stereocenters. The van der Waals surface area contributed by atoms with Gasteiger partial charge in [0.25, 0.3) is 0 Å². The van der Waals surface area contributed by atoms with Crippen LogP contribution in [0.4, 0.5) is 16.3 Å². The zero-order valence-corrected chi connectivity index (χ0v) is 17.5. The fraction of sp³-hybridized carbons (Fsp3) is 0.333. The Balaban J connectivity index is 1.33. The van der Waals surface area contributed by atoms with Crippen LogP contribution >= 0.6 is 0 Å². The number of rotatable bonds is 5. The third kappa shape index (κ3) is 4.82. The summed E-state index contributed by atoms with van der Waals surface area (Å²) >= 11 is 0. The van der Waals surface area contributed by atoms with Crippen molar-refractivity contribution >= 4 is 28.5 Å². The van der Waals surface area contributed by atoms with E-state index in [0.29, 0.717) is 11.8 Å². The number of hydrogen-bond donors (Lipinski definition) is 2. The molecular formula is C24H28N4O2. The van der Waals surface area contributed by atoms with Crippen molar-refractivity contribution in [2.45, 2.75) is 37.8 Å². The van der Waals surface area contributed by atoms with Crippen molar-refractivity contribution in [1.29, 1.82) is 0 Å². The quantitative estimate of drug-likeness (QED) is 0.639. The number of nitrogens with zero attached hydrogens (tertiary/aromatic N) is 2. The van der Waals surface area contributed by atoms with E-state index in [1.54, 1.807) is 12.1 Å². The first kappa shape index (κ1) is 20.0. The highest BCUT2D eigenvalue weighted by atomic mass is 16.6. The van der Waals surface area contributed by atoms with Crippen LogP contribution in [-0.2, 0) is 0 Å². The second-order valence-corrected chi connectivity index (χ2v) is 7.98. The van der Waals surface area contributed by atoms with E-state index in [0.717, 1.165) is 48.1 Å². The van der Waals surface area contributed by atoms with Crippen molar-refractivity contribution < 1.29 is 9.53 Å². The number of para-hydroxylation sites is 2. The van der Waals surface area contributed by atoms with Crippen LogP contribution in [0, 0.1) is 0 Å². The zero-order valence-electron chi connectivity index (χ0n) is 17.5. The highest BCUT2D eigenvalue weighted by molar-refractivity contribution is 5.93. The van der Waals surface area contributed by atoms with E-state index in [4.69, 9.17) is 9.72 Å². The Morgan fingerprint density at radius 1 is 0.967 bits per heavy atom. The molecule has 1 aromatic heterocycles. The maximum Gasteiger partial charge on any atom is 0.412 e. The van der Waals surface area contributed by atoms with Gasteiger partial charge in [-0.1, -0.05) is 36.4 Å². The Hall–Kier alpha value is -3.28. The molecule has 0 aliphatic heterocycles. The first-order valence-electron chi connectivity index (χ1n) is 10.5. The molecule has 6 nitrogen and oxygen atoms in total. The number of fused-ring (bicyclic) bond motifs is 1. The van der Waals surface area contributed by atoms with E-state index in [2.05, 4.69) is 41.8 Å². The number of anilines is 2. The molecule has 2 N–H and O–H groups in total. The van der Waals surface area contributed by atoms with Crippen molar-refractivity contribution in [3.8, 4) is 5.75 Å². The van der Waals surface area contributed by atoms with Crippen molar-refractivity contribution in [3.05, 3.63) is 60.7 Å². The Morgan fingerprint density at radius 3 is 2.37 bits per heavy atom. The van der Waals surface area contributed by atoms with Gasteiger partial charge in [0, 0.05) is 43.3 Å². The summed E-state index contributed by atoms with van der Waals surface area (Å²) in [5.74, 6) is 1.46. The largest absolute Gasteiger partial charge is 0.412 e. The van der Waals surface area contributed by atoms with E-state index in [1.165, 1.54) is 0 Å². The summed E-state index contributed by atoms with van der Waals surface area (Å²) < 4.78 is 5.34. The average Bonchev–Trinajstić information content (AvgIpc) is 2.75. The van der Waals surface area contributed by atoms with E-state index in [1.807, 2.05) is 36.4 Å². The molecule has 30 heavy (non-hydrogen) atoms. The van der Waals surface area contributed by atoms with Gasteiger partial charge < -0.3 is 20.3 Å². The van der Waals surface area contributed by atoms with Crippen LogP contribution in [-0.4, -0.2) is 37.3 Å². The molecule has 0 unspecified atom stereocenters. The minimum atomic E-state index is -0.385. The van der Waals surface area contributed by atoms with Gasteiger partial charge in [-0.05, 0) is 43.9 Å². The van der Waals surface area contributed by atoms with Crippen LogP contribution in [0.5, 0.6) is 5.75 Å². The average molecular weight is 405 g/mol. The molecular weight excluding hydrogens is 376 g/mol. The predicted molar refractivity (Wildman–Crippen MR) is 121 cm³/mol. The van der Waals surface area contributed by atoms with Gasteiger partial charge in [-0.3, -0.25) is 0 Å². The summed E-state index contributed by atoms with van der Waals surface area (Å²) in [6.45, 7) is 0. The molecule has 1 aliphatic carbocycles. The van der Waals surface area contributed by atoms with Gasteiger partial charge in [0.05, 0.1) is 5.52 Å². The lowest BCUT2D eigenvalue weighted by atomic mass is 9.91. The SMILES string of the molecule is CN(C)c1cc(NC2CCC(NC(=O)Oc3ccccc3)CC2)nc2ccccc12. The number of nitrogens with one attached hydrogen (secondary N) is 2. The van der Waals surface area contributed by atoms with Crippen molar-refractivity contribution in [1.82, 2.24) is 10.3 Å². The van der Waals surface area contributed by atoms with Gasteiger partial charge in [-0.15, -0.1) is 0 Å². The molecule has 0 radical (unpaired) electrons. The lowest BCUT2D eigenvalue weighted by Crippen LogP contribution is -2.41. The lowest BCUT2D eigenvalue weighted by molar-refractivity contribution is 0.191. The monoisotopic (exact) mass is 404 g/mol. The third-order valence-corrected chi connectivity index (χ3v) is 5.53. The minimum absolute atomic E-state index is 0.140. The molecule has 156 valence electrons. The molecule has 1 saturated carbocycles. The van der Waals surface area contributed by atoms with Crippen LogP contribution in [0.2, 0.25) is 0 Å². The third-order valence-electron chi connectivity index (χ3n) is 5.53. The standard InChI is InChI=1S/C24H28N4O2/c1-28(2)22-16-23(27-21-11-7-6-10-20(21)22)25-17-12-14-18(15-13-17)26-24(29)30-19-8-4-3-5-9-19/h3-11,16-18H,12-15H2,1-2H3,(H,25,27)(H,26,29). The summed E-state index contributed by atoms with van der Waals surface area (Å²) in [5, 5.41) is 7.74. The Labute approximate surface area is 177 Å². The fourth-order valence-corrected chi connectivity index (χ4v) is 3.98. The summed E-state index contributed by atoms with van der Waals surface area (Å²) in [7, 11) is 4.11. The second-order valence-electron chi connectivity index (χ2n) is 7.98. The lowest BCUT2D eigenvalue weighted by Gasteiger charge is -2.30. The zero-order chi connectivity index (χ0) is 20.9. The number of hydrogen-bond acceptors (Lipinski definition) is 5. The maximum absolute atomic E-state index is 12.1. The van der Waals surface area contributed by atoms with Crippen molar-refractivity contribution in [3.63, 3.8) is 0 Å². The summed E-state index contributed by atoms with van der Waals surface area (Å²) in [6, 6.07) is 20.0. The molecule has 0 saturated heterocycles. The Bertz CT molecular complexity index is 999. The predicted octanol–water partition coefficient (Wildman–Crippen LogP) is 4.81. The summed E-state index contributed by atoms with van der Waals surface area (Å²) in [6.07, 6.45) is 3.39. The second kappa shape index (κ2) is 9.03. The Kier molecular flexibility index (Phi) is 6.02. The fourth-order valence-electron chi connectivity index (χ4n) is 3.98. The van der Waals surface area contributed by atoms with E-state index in [-0.39, 0.29) is 12.1 Å².